The van der Waals surface area contributed by atoms with Gasteiger partial charge in [-0.3, -0.25) is 19.6 Å². The maximum atomic E-state index is 12.7. The maximum absolute atomic E-state index is 12.7. The summed E-state index contributed by atoms with van der Waals surface area (Å²) in [6, 6.07) is 9.20. The lowest BCUT2D eigenvalue weighted by atomic mass is 10.2. The minimum atomic E-state index is -0.0998. The summed E-state index contributed by atoms with van der Waals surface area (Å²) in [6.07, 6.45) is 8.23. The normalized spacial score (nSPS) is 12.7. The highest BCUT2D eigenvalue weighted by Crippen LogP contribution is 2.36. The Kier molecular flexibility index (Phi) is 4.93. The molecular weight excluding hydrogens is 360 g/mol. The third kappa shape index (κ3) is 3.73. The number of rotatable bonds is 5. The Labute approximate surface area is 160 Å². The number of hydrogen-bond acceptors (Lipinski definition) is 5. The fraction of sp³-hybridized carbons (Fsp3) is 0.200. The van der Waals surface area contributed by atoms with Crippen LogP contribution in [0.15, 0.2) is 55.1 Å². The zero-order chi connectivity index (χ0) is 18.6. The van der Waals surface area contributed by atoms with Crippen LogP contribution in [0.3, 0.4) is 0 Å². The van der Waals surface area contributed by atoms with Crippen LogP contribution in [-0.4, -0.2) is 34.9 Å². The predicted molar refractivity (Wildman–Crippen MR) is 104 cm³/mol. The lowest BCUT2D eigenvalue weighted by molar-refractivity contribution is 0.0955. The second kappa shape index (κ2) is 7.67. The van der Waals surface area contributed by atoms with E-state index in [1.165, 1.54) is 11.3 Å². The number of nitrogens with one attached hydrogen (secondary N) is 1. The molecule has 1 aliphatic heterocycles. The van der Waals surface area contributed by atoms with E-state index in [4.69, 9.17) is 0 Å². The average molecular weight is 378 g/mol. The van der Waals surface area contributed by atoms with E-state index in [1.807, 2.05) is 18.2 Å². The molecule has 0 saturated heterocycles. The molecule has 0 fully saturated rings. The summed E-state index contributed by atoms with van der Waals surface area (Å²) in [5.41, 5.74) is 2.53. The standard InChI is InChI=1S/C20H18N4O2S/c25-19(23-10-5-14-3-8-21-9-4-14)18-12-16-17(27-18)6-11-24(16)20(26)15-2-1-7-22-13-15/h1-4,7-9,12-13H,5-6,10-11H2,(H,23,25). The first kappa shape index (κ1) is 17.4. The van der Waals surface area contributed by atoms with Crippen LogP contribution in [-0.2, 0) is 12.8 Å². The molecule has 136 valence electrons. The molecule has 0 radical (unpaired) electrons. The fourth-order valence-corrected chi connectivity index (χ4v) is 4.15. The number of nitrogens with zero attached hydrogens (tertiary/aromatic N) is 3. The fourth-order valence-electron chi connectivity index (χ4n) is 3.09. The molecule has 0 spiro atoms. The van der Waals surface area contributed by atoms with Crippen molar-refractivity contribution in [1.29, 1.82) is 0 Å². The highest BCUT2D eigenvalue weighted by molar-refractivity contribution is 7.14. The molecular formula is C20H18N4O2S. The molecule has 0 atom stereocenters. The summed E-state index contributed by atoms with van der Waals surface area (Å²) < 4.78 is 0. The van der Waals surface area contributed by atoms with E-state index in [0.717, 1.165) is 29.0 Å². The number of fused-ring (bicyclic) bond motifs is 1. The van der Waals surface area contributed by atoms with Crippen molar-refractivity contribution in [3.05, 3.63) is 76.0 Å². The molecule has 0 unspecified atom stereocenters. The number of pyridine rings is 2. The van der Waals surface area contributed by atoms with Crippen LogP contribution in [0.25, 0.3) is 0 Å². The topological polar surface area (TPSA) is 75.2 Å². The molecule has 3 aromatic rings. The van der Waals surface area contributed by atoms with Crippen molar-refractivity contribution >= 4 is 28.8 Å². The minimum absolute atomic E-state index is 0.0794. The van der Waals surface area contributed by atoms with Gasteiger partial charge in [-0.15, -0.1) is 11.3 Å². The van der Waals surface area contributed by atoms with Gasteiger partial charge in [-0.25, -0.2) is 0 Å². The summed E-state index contributed by atoms with van der Waals surface area (Å²) in [4.78, 5) is 36.6. The third-order valence-electron chi connectivity index (χ3n) is 4.47. The number of carbonyl (C=O) groups is 2. The quantitative estimate of drug-likeness (QED) is 0.741. The molecule has 6 nitrogen and oxygen atoms in total. The van der Waals surface area contributed by atoms with Gasteiger partial charge < -0.3 is 10.2 Å². The maximum Gasteiger partial charge on any atom is 0.261 e. The van der Waals surface area contributed by atoms with Crippen molar-refractivity contribution in [2.75, 3.05) is 18.0 Å². The summed E-state index contributed by atoms with van der Waals surface area (Å²) in [7, 11) is 0. The van der Waals surface area contributed by atoms with Crippen LogP contribution in [0.4, 0.5) is 5.69 Å². The van der Waals surface area contributed by atoms with Crippen molar-refractivity contribution in [3.63, 3.8) is 0 Å². The first-order valence-corrected chi connectivity index (χ1v) is 9.56. The summed E-state index contributed by atoms with van der Waals surface area (Å²) in [6.45, 7) is 1.20. The number of thiophene rings is 1. The average Bonchev–Trinajstić information content (AvgIpc) is 3.30. The molecule has 1 N–H and O–H groups in total. The van der Waals surface area contributed by atoms with E-state index in [0.29, 0.717) is 23.5 Å². The Morgan fingerprint density at radius 1 is 1.15 bits per heavy atom. The second-order valence-electron chi connectivity index (χ2n) is 6.23. The first-order valence-electron chi connectivity index (χ1n) is 8.74. The molecule has 1 aliphatic rings. The van der Waals surface area contributed by atoms with Crippen molar-refractivity contribution < 1.29 is 9.59 Å². The second-order valence-corrected chi connectivity index (χ2v) is 7.37. The SMILES string of the molecule is O=C(NCCc1ccncc1)c1cc2c(s1)CCN2C(=O)c1cccnc1. The van der Waals surface area contributed by atoms with Gasteiger partial charge in [-0.2, -0.15) is 0 Å². The third-order valence-corrected chi connectivity index (χ3v) is 5.65. The Morgan fingerprint density at radius 2 is 2.00 bits per heavy atom. The lowest BCUT2D eigenvalue weighted by Crippen LogP contribution is -2.29. The van der Waals surface area contributed by atoms with Crippen molar-refractivity contribution in [1.82, 2.24) is 15.3 Å². The van der Waals surface area contributed by atoms with E-state index in [-0.39, 0.29) is 11.8 Å². The first-order chi connectivity index (χ1) is 13.2. The molecule has 0 aromatic carbocycles. The van der Waals surface area contributed by atoms with Crippen molar-refractivity contribution in [2.24, 2.45) is 0 Å². The molecule has 0 saturated carbocycles. The highest BCUT2D eigenvalue weighted by Gasteiger charge is 2.29. The lowest BCUT2D eigenvalue weighted by Gasteiger charge is -2.15. The van der Waals surface area contributed by atoms with E-state index in [2.05, 4.69) is 15.3 Å². The highest BCUT2D eigenvalue weighted by atomic mass is 32.1. The number of hydrogen-bond donors (Lipinski definition) is 1. The van der Waals surface area contributed by atoms with Gasteiger partial charge in [0.2, 0.25) is 0 Å². The van der Waals surface area contributed by atoms with Gasteiger partial charge in [-0.1, -0.05) is 0 Å². The smallest absolute Gasteiger partial charge is 0.261 e. The molecule has 3 aromatic heterocycles. The van der Waals surface area contributed by atoms with Crippen LogP contribution in [0.1, 0.15) is 30.5 Å². The molecule has 4 heterocycles. The number of aromatic nitrogens is 2. The van der Waals surface area contributed by atoms with Gasteiger partial charge in [0, 0.05) is 49.2 Å². The van der Waals surface area contributed by atoms with Crippen LogP contribution in [0.2, 0.25) is 0 Å². The van der Waals surface area contributed by atoms with Crippen LogP contribution in [0, 0.1) is 0 Å². The van der Waals surface area contributed by atoms with E-state index < -0.39 is 0 Å². The summed E-state index contributed by atoms with van der Waals surface area (Å²) >= 11 is 1.46. The van der Waals surface area contributed by atoms with E-state index in [9.17, 15) is 9.59 Å². The minimum Gasteiger partial charge on any atom is -0.351 e. The van der Waals surface area contributed by atoms with Gasteiger partial charge in [0.15, 0.2) is 0 Å². The molecule has 2 amide bonds. The zero-order valence-corrected chi connectivity index (χ0v) is 15.4. The largest absolute Gasteiger partial charge is 0.351 e. The van der Waals surface area contributed by atoms with Gasteiger partial charge >= 0.3 is 0 Å². The van der Waals surface area contributed by atoms with Gasteiger partial charge in [0.05, 0.1) is 16.1 Å². The number of amides is 2. The zero-order valence-electron chi connectivity index (χ0n) is 14.6. The van der Waals surface area contributed by atoms with Crippen LogP contribution in [0.5, 0.6) is 0 Å². The summed E-state index contributed by atoms with van der Waals surface area (Å²) in [5.74, 6) is -0.179. The van der Waals surface area contributed by atoms with Gasteiger partial charge in [-0.05, 0) is 42.3 Å². The number of anilines is 1. The van der Waals surface area contributed by atoms with Crippen LogP contribution >= 0.6 is 11.3 Å². The number of carbonyl (C=O) groups excluding carboxylic acids is 2. The van der Waals surface area contributed by atoms with Crippen molar-refractivity contribution in [3.8, 4) is 0 Å². The molecule has 4 rings (SSSR count). The van der Waals surface area contributed by atoms with Crippen LogP contribution < -0.4 is 10.2 Å². The Bertz CT molecular complexity index is 957. The Balaban J connectivity index is 1.41. The monoisotopic (exact) mass is 378 g/mol. The molecule has 7 heteroatoms. The van der Waals surface area contributed by atoms with Crippen molar-refractivity contribution in [2.45, 2.75) is 12.8 Å². The van der Waals surface area contributed by atoms with E-state index >= 15 is 0 Å². The van der Waals surface area contributed by atoms with Gasteiger partial charge in [0.25, 0.3) is 11.8 Å². The summed E-state index contributed by atoms with van der Waals surface area (Å²) in [5, 5.41) is 2.95. The predicted octanol–water partition coefficient (Wildman–Crippen LogP) is 2.71. The Morgan fingerprint density at radius 3 is 2.78 bits per heavy atom. The Hall–Kier alpha value is -3.06. The molecule has 0 bridgehead atoms. The van der Waals surface area contributed by atoms with E-state index in [1.54, 1.807) is 41.8 Å². The molecule has 27 heavy (non-hydrogen) atoms. The van der Waals surface area contributed by atoms with Gasteiger partial charge in [0.1, 0.15) is 0 Å². The molecule has 0 aliphatic carbocycles.